The van der Waals surface area contributed by atoms with Crippen molar-refractivity contribution in [1.29, 1.82) is 0 Å². The highest BCUT2D eigenvalue weighted by Crippen LogP contribution is 2.10. The zero-order valence-electron chi connectivity index (χ0n) is 8.53. The van der Waals surface area contributed by atoms with Crippen molar-refractivity contribution >= 4 is 0 Å². The predicted octanol–water partition coefficient (Wildman–Crippen LogP) is -2.07. The highest BCUT2D eigenvalue weighted by atomic mass is 16.5. The zero-order valence-corrected chi connectivity index (χ0v) is 8.53. The lowest BCUT2D eigenvalue weighted by Gasteiger charge is -2.23. The van der Waals surface area contributed by atoms with E-state index in [1.807, 2.05) is 0 Å². The molecule has 6 nitrogen and oxygen atoms in total. The topological polar surface area (TPSA) is 121 Å². The fraction of sp³-hybridized carbons (Fsp3) is 1.00. The van der Waals surface area contributed by atoms with Crippen molar-refractivity contribution in [2.24, 2.45) is 0 Å². The van der Waals surface area contributed by atoms with Gasteiger partial charge < -0.3 is 30.6 Å². The molecule has 3 unspecified atom stereocenters. The van der Waals surface area contributed by atoms with Crippen molar-refractivity contribution in [1.82, 2.24) is 0 Å². The summed E-state index contributed by atoms with van der Waals surface area (Å²) in [6.45, 7) is 0.0800. The molecule has 0 aromatic rings. The first-order valence-corrected chi connectivity index (χ1v) is 5.02. The summed E-state index contributed by atoms with van der Waals surface area (Å²) in [6, 6.07) is 0. The van der Waals surface area contributed by atoms with E-state index in [1.165, 1.54) is 0 Å². The minimum absolute atomic E-state index is 0.0800. The largest absolute Gasteiger partial charge is 0.396 e. The lowest BCUT2D eigenvalue weighted by atomic mass is 10.0. The van der Waals surface area contributed by atoms with Gasteiger partial charge in [-0.25, -0.2) is 0 Å². The molecule has 0 aliphatic heterocycles. The molecule has 0 aromatic carbocycles. The molecule has 0 fully saturated rings. The first-order valence-electron chi connectivity index (χ1n) is 5.02. The number of hydrogen-bond acceptors (Lipinski definition) is 6. The van der Waals surface area contributed by atoms with Crippen LogP contribution in [-0.4, -0.2) is 61.8 Å². The third-order valence-corrected chi connectivity index (χ3v) is 2.21. The Morgan fingerprint density at radius 1 is 0.733 bits per heavy atom. The van der Waals surface area contributed by atoms with E-state index in [-0.39, 0.29) is 13.0 Å². The molecule has 3 atom stereocenters. The summed E-state index contributed by atoms with van der Waals surface area (Å²) in [7, 11) is 0. The Balaban J connectivity index is 3.73. The van der Waals surface area contributed by atoms with Gasteiger partial charge in [-0.1, -0.05) is 12.8 Å². The van der Waals surface area contributed by atoms with Crippen LogP contribution in [-0.2, 0) is 0 Å². The minimum atomic E-state index is -2.06. The van der Waals surface area contributed by atoms with Gasteiger partial charge in [0.05, 0.1) is 6.10 Å². The lowest BCUT2D eigenvalue weighted by Crippen LogP contribution is -2.44. The van der Waals surface area contributed by atoms with Gasteiger partial charge in [0.15, 0.2) is 6.29 Å². The van der Waals surface area contributed by atoms with Gasteiger partial charge >= 0.3 is 0 Å². The fourth-order valence-electron chi connectivity index (χ4n) is 1.22. The van der Waals surface area contributed by atoms with E-state index in [0.29, 0.717) is 19.3 Å². The molecule has 0 saturated carbocycles. The molecule has 0 spiro atoms. The maximum atomic E-state index is 9.34. The van der Waals surface area contributed by atoms with Crippen molar-refractivity contribution in [3.05, 3.63) is 0 Å². The summed E-state index contributed by atoms with van der Waals surface area (Å²) in [5, 5.41) is 53.2. The second-order valence-electron chi connectivity index (χ2n) is 3.54. The van der Waals surface area contributed by atoms with Crippen LogP contribution < -0.4 is 0 Å². The minimum Gasteiger partial charge on any atom is -0.396 e. The van der Waals surface area contributed by atoms with Gasteiger partial charge in [-0.3, -0.25) is 0 Å². The molecular formula is C9H20O6. The summed E-state index contributed by atoms with van der Waals surface area (Å²) in [5.41, 5.74) is 0. The predicted molar refractivity (Wildman–Crippen MR) is 51.8 cm³/mol. The molecule has 92 valence electrons. The van der Waals surface area contributed by atoms with Crippen LogP contribution in [0.3, 0.4) is 0 Å². The van der Waals surface area contributed by atoms with Crippen LogP contribution >= 0.6 is 0 Å². The van der Waals surface area contributed by atoms with Crippen LogP contribution in [0.4, 0.5) is 0 Å². The van der Waals surface area contributed by atoms with E-state index in [2.05, 4.69) is 0 Å². The lowest BCUT2D eigenvalue weighted by molar-refractivity contribution is -0.177. The van der Waals surface area contributed by atoms with Crippen molar-refractivity contribution in [3.8, 4) is 0 Å². The summed E-state index contributed by atoms with van der Waals surface area (Å²) in [6.07, 6.45) is -4.44. The average Bonchev–Trinajstić information content (AvgIpc) is 2.21. The van der Waals surface area contributed by atoms with Gasteiger partial charge in [0.1, 0.15) is 12.2 Å². The maximum Gasteiger partial charge on any atom is 0.180 e. The molecule has 0 aliphatic carbocycles. The average molecular weight is 224 g/mol. The van der Waals surface area contributed by atoms with Gasteiger partial charge in [0.2, 0.25) is 0 Å². The molecule has 6 heteroatoms. The van der Waals surface area contributed by atoms with Crippen molar-refractivity contribution < 1.29 is 30.6 Å². The van der Waals surface area contributed by atoms with Crippen LogP contribution in [0, 0.1) is 0 Å². The van der Waals surface area contributed by atoms with Crippen LogP contribution in [0.25, 0.3) is 0 Å². The number of unbranched alkanes of at least 4 members (excludes halogenated alkanes) is 2. The Morgan fingerprint density at radius 3 is 1.80 bits per heavy atom. The molecule has 0 radical (unpaired) electrons. The van der Waals surface area contributed by atoms with Crippen molar-refractivity contribution in [2.45, 2.75) is 50.3 Å². The fourth-order valence-corrected chi connectivity index (χ4v) is 1.22. The quantitative estimate of drug-likeness (QED) is 0.208. The Labute approximate surface area is 88.4 Å². The summed E-state index contributed by atoms with van der Waals surface area (Å²) >= 11 is 0. The number of aliphatic hydroxyl groups is 6. The standard InChI is InChI=1S/C9H20O6/c10-5-3-1-2-4-6(11)7(12)8(13)9(14)15/h6-15H,1-5H2. The van der Waals surface area contributed by atoms with E-state index in [9.17, 15) is 10.2 Å². The molecule has 15 heavy (non-hydrogen) atoms. The molecule has 0 aromatic heterocycles. The second-order valence-corrected chi connectivity index (χ2v) is 3.54. The second kappa shape index (κ2) is 7.98. The van der Waals surface area contributed by atoms with Crippen LogP contribution in [0.15, 0.2) is 0 Å². The Hall–Kier alpha value is -0.240. The SMILES string of the molecule is OCCCCCC(O)C(O)C(O)C(O)O. The monoisotopic (exact) mass is 224 g/mol. The normalized spacial score (nSPS) is 17.8. The van der Waals surface area contributed by atoms with Gasteiger partial charge in [0.25, 0.3) is 0 Å². The number of aliphatic hydroxyl groups excluding tert-OH is 5. The van der Waals surface area contributed by atoms with E-state index in [4.69, 9.17) is 20.4 Å². The van der Waals surface area contributed by atoms with Crippen molar-refractivity contribution in [2.75, 3.05) is 6.61 Å². The highest BCUT2D eigenvalue weighted by molar-refractivity contribution is 4.76. The highest BCUT2D eigenvalue weighted by Gasteiger charge is 2.28. The van der Waals surface area contributed by atoms with Gasteiger partial charge in [-0.05, 0) is 12.8 Å². The number of rotatable bonds is 8. The third-order valence-electron chi connectivity index (χ3n) is 2.21. The van der Waals surface area contributed by atoms with E-state index >= 15 is 0 Å². The molecule has 0 heterocycles. The third kappa shape index (κ3) is 6.03. The summed E-state index contributed by atoms with van der Waals surface area (Å²) in [4.78, 5) is 0. The van der Waals surface area contributed by atoms with E-state index in [0.717, 1.165) is 0 Å². The van der Waals surface area contributed by atoms with Crippen molar-refractivity contribution in [3.63, 3.8) is 0 Å². The van der Waals surface area contributed by atoms with Gasteiger partial charge in [-0.2, -0.15) is 0 Å². The summed E-state index contributed by atoms with van der Waals surface area (Å²) in [5.74, 6) is 0. The maximum absolute atomic E-state index is 9.34. The van der Waals surface area contributed by atoms with Gasteiger partial charge in [0, 0.05) is 6.61 Å². The molecule has 0 bridgehead atoms. The Morgan fingerprint density at radius 2 is 1.33 bits per heavy atom. The van der Waals surface area contributed by atoms with Crippen LogP contribution in [0.5, 0.6) is 0 Å². The summed E-state index contributed by atoms with van der Waals surface area (Å²) < 4.78 is 0. The molecule has 0 saturated heterocycles. The van der Waals surface area contributed by atoms with E-state index in [1.54, 1.807) is 0 Å². The molecule has 0 rings (SSSR count). The van der Waals surface area contributed by atoms with Crippen LogP contribution in [0.2, 0.25) is 0 Å². The number of hydrogen-bond donors (Lipinski definition) is 6. The van der Waals surface area contributed by atoms with Crippen LogP contribution in [0.1, 0.15) is 25.7 Å². The Bertz CT molecular complexity index is 152. The molecule has 0 aliphatic rings. The molecule has 6 N–H and O–H groups in total. The molecule has 0 amide bonds. The Kier molecular flexibility index (Phi) is 7.85. The first-order chi connectivity index (χ1) is 7.00. The van der Waals surface area contributed by atoms with Gasteiger partial charge in [-0.15, -0.1) is 0 Å². The zero-order chi connectivity index (χ0) is 11.8. The first kappa shape index (κ1) is 14.8. The smallest absolute Gasteiger partial charge is 0.180 e. The van der Waals surface area contributed by atoms with E-state index < -0.39 is 24.6 Å². The molecular weight excluding hydrogens is 204 g/mol.